The molecule has 0 spiro atoms. The number of benzene rings is 1. The van der Waals surface area contributed by atoms with E-state index in [-0.39, 0.29) is 11.6 Å². The molecule has 0 unspecified atom stereocenters. The molecule has 0 saturated carbocycles. The molecule has 4 N–H and O–H groups in total. The van der Waals surface area contributed by atoms with Crippen LogP contribution in [-0.2, 0) is 4.79 Å². The third-order valence-corrected chi connectivity index (χ3v) is 4.22. The van der Waals surface area contributed by atoms with Crippen LogP contribution in [0.3, 0.4) is 0 Å². The van der Waals surface area contributed by atoms with Crippen molar-refractivity contribution in [2.24, 2.45) is 11.7 Å². The van der Waals surface area contributed by atoms with Gasteiger partial charge in [-0.2, -0.15) is 5.26 Å². The second kappa shape index (κ2) is 8.89. The standard InChI is InChI=1S/C21H22N6O2/c1-13(2)8-18(21(23)28)25-15-9-17(19(11-22)24-12-15)26-20-10-16(27-29-20)14-6-4-3-5-7-14/h3-7,9-10,12-13,18,25-26H,8H2,1-2H3,(H2,23,28)/t18-/m1/s1. The fourth-order valence-electron chi connectivity index (χ4n) is 2.86. The summed E-state index contributed by atoms with van der Waals surface area (Å²) in [6.45, 7) is 4.02. The van der Waals surface area contributed by atoms with Crippen molar-refractivity contribution < 1.29 is 9.32 Å². The lowest BCUT2D eigenvalue weighted by Gasteiger charge is -2.19. The van der Waals surface area contributed by atoms with Crippen LogP contribution in [-0.4, -0.2) is 22.1 Å². The van der Waals surface area contributed by atoms with Crippen LogP contribution in [0.4, 0.5) is 17.3 Å². The minimum absolute atomic E-state index is 0.188. The molecular weight excluding hydrogens is 368 g/mol. The number of primary amides is 1. The molecular formula is C21H22N6O2. The predicted octanol–water partition coefficient (Wildman–Crippen LogP) is 3.66. The van der Waals surface area contributed by atoms with Crippen LogP contribution >= 0.6 is 0 Å². The van der Waals surface area contributed by atoms with Gasteiger partial charge in [-0.1, -0.05) is 49.3 Å². The molecule has 8 nitrogen and oxygen atoms in total. The Balaban J connectivity index is 1.82. The molecule has 29 heavy (non-hydrogen) atoms. The van der Waals surface area contributed by atoms with Crippen molar-refractivity contribution in [2.75, 3.05) is 10.6 Å². The van der Waals surface area contributed by atoms with E-state index < -0.39 is 11.9 Å². The van der Waals surface area contributed by atoms with Gasteiger partial charge in [0.1, 0.15) is 17.8 Å². The molecule has 148 valence electrons. The highest BCUT2D eigenvalue weighted by Crippen LogP contribution is 2.27. The normalized spacial score (nSPS) is 11.7. The first-order chi connectivity index (χ1) is 14.0. The second-order valence-corrected chi connectivity index (χ2v) is 7.03. The molecule has 0 radical (unpaired) electrons. The molecule has 0 aliphatic carbocycles. The highest BCUT2D eigenvalue weighted by Gasteiger charge is 2.18. The summed E-state index contributed by atoms with van der Waals surface area (Å²) >= 11 is 0. The quantitative estimate of drug-likeness (QED) is 0.535. The van der Waals surface area contributed by atoms with Crippen molar-refractivity contribution in [3.63, 3.8) is 0 Å². The van der Waals surface area contributed by atoms with Crippen LogP contribution in [0, 0.1) is 17.2 Å². The van der Waals surface area contributed by atoms with Crippen LogP contribution in [0.2, 0.25) is 0 Å². The van der Waals surface area contributed by atoms with Crippen molar-refractivity contribution in [1.29, 1.82) is 5.26 Å². The summed E-state index contributed by atoms with van der Waals surface area (Å²) in [5.41, 5.74) is 8.26. The summed E-state index contributed by atoms with van der Waals surface area (Å²) in [5.74, 6) is 0.211. The predicted molar refractivity (Wildman–Crippen MR) is 110 cm³/mol. The number of carbonyl (C=O) groups excluding carboxylic acids is 1. The molecule has 1 atom stereocenters. The molecule has 0 fully saturated rings. The van der Waals surface area contributed by atoms with Gasteiger partial charge < -0.3 is 20.9 Å². The highest BCUT2D eigenvalue weighted by atomic mass is 16.5. The maximum atomic E-state index is 11.7. The lowest BCUT2D eigenvalue weighted by Crippen LogP contribution is -2.36. The Labute approximate surface area is 168 Å². The van der Waals surface area contributed by atoms with Crippen LogP contribution in [0.25, 0.3) is 11.3 Å². The minimum atomic E-state index is -0.535. The zero-order valence-electron chi connectivity index (χ0n) is 16.2. The van der Waals surface area contributed by atoms with E-state index >= 15 is 0 Å². The van der Waals surface area contributed by atoms with E-state index in [1.807, 2.05) is 50.2 Å². The third kappa shape index (κ3) is 5.11. The molecule has 1 amide bonds. The van der Waals surface area contributed by atoms with Gasteiger partial charge in [0.15, 0.2) is 5.69 Å². The minimum Gasteiger partial charge on any atom is -0.372 e. The maximum Gasteiger partial charge on any atom is 0.239 e. The van der Waals surface area contributed by atoms with E-state index in [1.54, 1.807) is 12.1 Å². The number of nitriles is 1. The van der Waals surface area contributed by atoms with E-state index in [0.29, 0.717) is 29.4 Å². The Hall–Kier alpha value is -3.86. The lowest BCUT2D eigenvalue weighted by molar-refractivity contribution is -0.119. The van der Waals surface area contributed by atoms with Gasteiger partial charge in [-0.05, 0) is 18.4 Å². The van der Waals surface area contributed by atoms with Crippen molar-refractivity contribution in [2.45, 2.75) is 26.3 Å². The topological polar surface area (TPSA) is 130 Å². The average molecular weight is 390 g/mol. The fraction of sp³-hybridized carbons (Fsp3) is 0.238. The number of aromatic nitrogens is 2. The fourth-order valence-corrected chi connectivity index (χ4v) is 2.86. The van der Waals surface area contributed by atoms with Crippen LogP contribution < -0.4 is 16.4 Å². The Morgan fingerprint density at radius 3 is 2.69 bits per heavy atom. The summed E-state index contributed by atoms with van der Waals surface area (Å²) in [5, 5.41) is 19.5. The monoisotopic (exact) mass is 390 g/mol. The van der Waals surface area contributed by atoms with Crippen molar-refractivity contribution in [3.8, 4) is 17.3 Å². The van der Waals surface area contributed by atoms with Gasteiger partial charge in [0, 0.05) is 11.6 Å². The molecule has 0 aliphatic rings. The van der Waals surface area contributed by atoms with Gasteiger partial charge >= 0.3 is 0 Å². The summed E-state index contributed by atoms with van der Waals surface area (Å²) in [6.07, 6.45) is 2.08. The van der Waals surface area contributed by atoms with Gasteiger partial charge in [0.2, 0.25) is 11.8 Å². The summed E-state index contributed by atoms with van der Waals surface area (Å²) in [7, 11) is 0. The number of hydrogen-bond acceptors (Lipinski definition) is 7. The Bertz CT molecular complexity index is 1020. The zero-order valence-corrected chi connectivity index (χ0v) is 16.2. The second-order valence-electron chi connectivity index (χ2n) is 7.03. The van der Waals surface area contributed by atoms with Crippen LogP contribution in [0.5, 0.6) is 0 Å². The Morgan fingerprint density at radius 1 is 1.28 bits per heavy atom. The lowest BCUT2D eigenvalue weighted by atomic mass is 10.0. The number of nitrogens with two attached hydrogens (primary N) is 1. The van der Waals surface area contributed by atoms with Crippen LogP contribution in [0.15, 0.2) is 53.2 Å². The van der Waals surface area contributed by atoms with Gasteiger partial charge in [0.05, 0.1) is 17.6 Å². The molecule has 8 heteroatoms. The SMILES string of the molecule is CC(C)C[C@@H](Nc1cnc(C#N)c(Nc2cc(-c3ccccc3)no2)c1)C(N)=O. The molecule has 0 aliphatic heterocycles. The number of carbonyl (C=O) groups is 1. The Kier molecular flexibility index (Phi) is 6.09. The maximum absolute atomic E-state index is 11.7. The molecule has 2 aromatic heterocycles. The zero-order chi connectivity index (χ0) is 20.8. The summed E-state index contributed by atoms with van der Waals surface area (Å²) in [4.78, 5) is 15.9. The molecule has 2 heterocycles. The molecule has 1 aromatic carbocycles. The summed E-state index contributed by atoms with van der Waals surface area (Å²) < 4.78 is 5.34. The third-order valence-electron chi connectivity index (χ3n) is 4.22. The number of hydrogen-bond donors (Lipinski definition) is 3. The molecule has 3 rings (SSSR count). The van der Waals surface area contributed by atoms with Gasteiger partial charge in [0.25, 0.3) is 0 Å². The number of amides is 1. The number of pyridine rings is 1. The largest absolute Gasteiger partial charge is 0.372 e. The molecule has 0 saturated heterocycles. The Morgan fingerprint density at radius 2 is 2.03 bits per heavy atom. The van der Waals surface area contributed by atoms with Crippen molar-refractivity contribution >= 4 is 23.2 Å². The van der Waals surface area contributed by atoms with E-state index in [9.17, 15) is 10.1 Å². The van der Waals surface area contributed by atoms with Crippen molar-refractivity contribution in [1.82, 2.24) is 10.1 Å². The van der Waals surface area contributed by atoms with E-state index in [0.717, 1.165) is 5.56 Å². The van der Waals surface area contributed by atoms with Gasteiger partial charge in [-0.15, -0.1) is 0 Å². The number of nitrogens with zero attached hydrogens (tertiary/aromatic N) is 3. The highest BCUT2D eigenvalue weighted by molar-refractivity contribution is 5.83. The molecule has 3 aromatic rings. The van der Waals surface area contributed by atoms with E-state index in [2.05, 4.69) is 20.8 Å². The van der Waals surface area contributed by atoms with E-state index in [4.69, 9.17) is 10.3 Å². The first-order valence-corrected chi connectivity index (χ1v) is 9.21. The number of nitrogens with one attached hydrogen (secondary N) is 2. The van der Waals surface area contributed by atoms with Crippen molar-refractivity contribution in [3.05, 3.63) is 54.4 Å². The average Bonchev–Trinajstić information content (AvgIpc) is 3.16. The smallest absolute Gasteiger partial charge is 0.239 e. The van der Waals surface area contributed by atoms with Gasteiger partial charge in [-0.3, -0.25) is 4.79 Å². The van der Waals surface area contributed by atoms with Gasteiger partial charge in [-0.25, -0.2) is 4.98 Å². The first kappa shape index (κ1) is 19.9. The molecule has 0 bridgehead atoms. The van der Waals surface area contributed by atoms with Crippen LogP contribution in [0.1, 0.15) is 26.0 Å². The first-order valence-electron chi connectivity index (χ1n) is 9.21. The van der Waals surface area contributed by atoms with E-state index in [1.165, 1.54) is 6.20 Å². The summed E-state index contributed by atoms with van der Waals surface area (Å²) in [6, 6.07) is 14.5. The number of rotatable bonds is 8. The number of anilines is 3.